The van der Waals surface area contributed by atoms with Crippen molar-refractivity contribution >= 4 is 33.3 Å². The Kier molecular flexibility index (Phi) is 6.62. The summed E-state index contributed by atoms with van der Waals surface area (Å²) in [6, 6.07) is 6.05. The van der Waals surface area contributed by atoms with Crippen LogP contribution in [0, 0.1) is 26.6 Å². The van der Waals surface area contributed by atoms with Crippen LogP contribution in [0.25, 0.3) is 0 Å². The number of carbonyl (C=O) groups is 2. The molecule has 0 atom stereocenters. The van der Waals surface area contributed by atoms with Gasteiger partial charge in [0.15, 0.2) is 0 Å². The van der Waals surface area contributed by atoms with E-state index in [1.807, 2.05) is 6.07 Å². The molecule has 2 heterocycles. The summed E-state index contributed by atoms with van der Waals surface area (Å²) in [7, 11) is -2.79. The largest absolute Gasteiger partial charge is 0.364 e. The van der Waals surface area contributed by atoms with Gasteiger partial charge in [-0.25, -0.2) is 17.8 Å². The number of hydrogen-bond donors (Lipinski definition) is 2. The minimum atomic E-state index is -4.19. The van der Waals surface area contributed by atoms with Crippen molar-refractivity contribution in [3.8, 4) is 0 Å². The lowest BCUT2D eigenvalue weighted by Crippen LogP contribution is -2.27. The normalized spacial score (nSPS) is 11.5. The second kappa shape index (κ2) is 8.95. The summed E-state index contributed by atoms with van der Waals surface area (Å²) in [5.41, 5.74) is 6.48. The van der Waals surface area contributed by atoms with Crippen LogP contribution in [0.1, 0.15) is 43.2 Å². The van der Waals surface area contributed by atoms with Gasteiger partial charge in [0.25, 0.3) is 11.8 Å². The summed E-state index contributed by atoms with van der Waals surface area (Å²) >= 11 is 5.81. The van der Waals surface area contributed by atoms with E-state index in [2.05, 4.69) is 9.97 Å². The number of nitrogens with zero attached hydrogens (tertiary/aromatic N) is 2. The van der Waals surface area contributed by atoms with Crippen molar-refractivity contribution in [3.63, 3.8) is 0 Å². The molecule has 3 aromatic rings. The van der Waals surface area contributed by atoms with Crippen molar-refractivity contribution < 1.29 is 22.4 Å². The number of nitrogens with two attached hydrogens (primary N) is 1. The van der Waals surface area contributed by atoms with Gasteiger partial charge in [-0.15, -0.1) is 0 Å². The monoisotopic (exact) mass is 492 g/mol. The van der Waals surface area contributed by atoms with Gasteiger partial charge < -0.3 is 15.6 Å². The number of aryl methyl sites for hydroxylation is 2. The van der Waals surface area contributed by atoms with Crippen LogP contribution in [0.3, 0.4) is 0 Å². The zero-order valence-corrected chi connectivity index (χ0v) is 19.9. The Hall–Kier alpha value is -3.24. The first-order chi connectivity index (χ1) is 15.3. The summed E-state index contributed by atoms with van der Waals surface area (Å²) in [6.45, 7) is 4.73. The van der Waals surface area contributed by atoms with Crippen LogP contribution in [0.15, 0.2) is 40.3 Å². The number of nitrogens with one attached hydrogen (secondary N) is 1. The number of aromatic nitrogens is 2. The van der Waals surface area contributed by atoms with Crippen LogP contribution >= 0.6 is 11.6 Å². The molecule has 2 aromatic heterocycles. The Balaban J connectivity index is 2.08. The molecule has 0 bridgehead atoms. The van der Waals surface area contributed by atoms with E-state index in [9.17, 15) is 22.4 Å². The molecule has 0 aliphatic heterocycles. The molecule has 0 radical (unpaired) electrons. The quantitative estimate of drug-likeness (QED) is 0.510. The minimum absolute atomic E-state index is 0.0227. The molecule has 0 unspecified atom stereocenters. The number of benzene rings is 1. The van der Waals surface area contributed by atoms with Gasteiger partial charge in [-0.1, -0.05) is 17.7 Å². The maximum atomic E-state index is 14.1. The molecule has 0 fully saturated rings. The first-order valence-electron chi connectivity index (χ1n) is 9.74. The molecule has 0 saturated heterocycles. The second-order valence-electron chi connectivity index (χ2n) is 7.78. The molecular formula is C22H22ClFN4O4S. The van der Waals surface area contributed by atoms with Crippen LogP contribution in [0.2, 0.25) is 5.15 Å². The van der Waals surface area contributed by atoms with Gasteiger partial charge >= 0.3 is 0 Å². The summed E-state index contributed by atoms with van der Waals surface area (Å²) in [4.78, 5) is 32.2. The average molecular weight is 493 g/mol. The standard InChI is InChI=1S/C22H22ClFN4O4S/c1-11-5-12(2)7-15(6-11)33(31,32)20-13(3)18(27-19(20)21(25)29)22(30)28(4)10-14-8-17(23)26-9-16(14)24/h5-9,27H,10H2,1-4H3,(H2,25,29). The van der Waals surface area contributed by atoms with Gasteiger partial charge in [-0.05, 0) is 55.7 Å². The third-order valence-corrected chi connectivity index (χ3v) is 7.19. The van der Waals surface area contributed by atoms with E-state index in [1.165, 1.54) is 32.2 Å². The lowest BCUT2D eigenvalue weighted by Gasteiger charge is -2.17. The third-order valence-electron chi connectivity index (χ3n) is 5.08. The van der Waals surface area contributed by atoms with Crippen molar-refractivity contribution in [1.29, 1.82) is 0 Å². The van der Waals surface area contributed by atoms with Gasteiger partial charge in [-0.3, -0.25) is 9.59 Å². The summed E-state index contributed by atoms with van der Waals surface area (Å²) in [5, 5.41) is 0.0566. The fraction of sp³-hybridized carbons (Fsp3) is 0.227. The van der Waals surface area contributed by atoms with E-state index in [0.717, 1.165) is 22.2 Å². The highest BCUT2D eigenvalue weighted by Crippen LogP contribution is 2.31. The molecule has 1 aromatic carbocycles. The van der Waals surface area contributed by atoms with E-state index in [0.29, 0.717) is 0 Å². The Bertz CT molecular complexity index is 1370. The number of H-pyrrole nitrogens is 1. The van der Waals surface area contributed by atoms with Gasteiger partial charge in [-0.2, -0.15) is 0 Å². The van der Waals surface area contributed by atoms with Gasteiger partial charge in [0.1, 0.15) is 27.3 Å². The van der Waals surface area contributed by atoms with Gasteiger partial charge in [0, 0.05) is 19.2 Å². The number of hydrogen-bond acceptors (Lipinski definition) is 5. The van der Waals surface area contributed by atoms with Crippen LogP contribution in [0.5, 0.6) is 0 Å². The molecule has 33 heavy (non-hydrogen) atoms. The predicted molar refractivity (Wildman–Crippen MR) is 120 cm³/mol. The molecule has 0 saturated carbocycles. The Morgan fingerprint density at radius 3 is 2.30 bits per heavy atom. The van der Waals surface area contributed by atoms with Crippen LogP contribution < -0.4 is 5.73 Å². The van der Waals surface area contributed by atoms with E-state index < -0.39 is 33.2 Å². The number of rotatable bonds is 6. The number of primary amides is 1. The van der Waals surface area contributed by atoms with Crippen molar-refractivity contribution in [2.75, 3.05) is 7.05 Å². The fourth-order valence-corrected chi connectivity index (χ4v) is 5.62. The van der Waals surface area contributed by atoms with E-state index in [1.54, 1.807) is 13.8 Å². The summed E-state index contributed by atoms with van der Waals surface area (Å²) in [5.74, 6) is -2.35. The predicted octanol–water partition coefficient (Wildman–Crippen LogP) is 3.33. The molecule has 174 valence electrons. The zero-order chi connectivity index (χ0) is 24.7. The first kappa shape index (κ1) is 24.4. The van der Waals surface area contributed by atoms with Crippen LogP contribution in [-0.2, 0) is 16.4 Å². The molecule has 8 nitrogen and oxygen atoms in total. The zero-order valence-electron chi connectivity index (χ0n) is 18.4. The molecule has 11 heteroatoms. The second-order valence-corrected chi connectivity index (χ2v) is 10.1. The highest BCUT2D eigenvalue weighted by Gasteiger charge is 2.33. The van der Waals surface area contributed by atoms with Gasteiger partial charge in [0.05, 0.1) is 11.1 Å². The van der Waals surface area contributed by atoms with Crippen molar-refractivity contribution in [1.82, 2.24) is 14.9 Å². The van der Waals surface area contributed by atoms with E-state index in [4.69, 9.17) is 17.3 Å². The smallest absolute Gasteiger partial charge is 0.270 e. The van der Waals surface area contributed by atoms with E-state index in [-0.39, 0.29) is 38.3 Å². The lowest BCUT2D eigenvalue weighted by atomic mass is 10.2. The third kappa shape index (κ3) is 4.76. The number of halogens is 2. The molecule has 0 spiro atoms. The van der Waals surface area contributed by atoms with Crippen LogP contribution in [0.4, 0.5) is 4.39 Å². The highest BCUT2D eigenvalue weighted by molar-refractivity contribution is 7.91. The number of sulfone groups is 1. The SMILES string of the molecule is Cc1cc(C)cc(S(=O)(=O)c2c(C(N)=O)[nH]c(C(=O)N(C)Cc3cc(Cl)ncc3F)c2C)c1. The summed E-state index contributed by atoms with van der Waals surface area (Å²) < 4.78 is 40.9. The molecule has 0 aliphatic carbocycles. The van der Waals surface area contributed by atoms with Crippen molar-refractivity contribution in [3.05, 3.63) is 75.1 Å². The topological polar surface area (TPSA) is 126 Å². The number of amides is 2. The first-order valence-corrected chi connectivity index (χ1v) is 11.6. The number of carbonyl (C=O) groups excluding carboxylic acids is 2. The molecule has 3 rings (SSSR count). The number of pyridine rings is 1. The highest BCUT2D eigenvalue weighted by atomic mass is 35.5. The summed E-state index contributed by atoms with van der Waals surface area (Å²) in [6.07, 6.45) is 0.940. The van der Waals surface area contributed by atoms with Gasteiger partial charge in [0.2, 0.25) is 9.84 Å². The van der Waals surface area contributed by atoms with Crippen molar-refractivity contribution in [2.24, 2.45) is 5.73 Å². The molecule has 3 N–H and O–H groups in total. The Morgan fingerprint density at radius 2 is 1.73 bits per heavy atom. The molecular weight excluding hydrogens is 471 g/mol. The minimum Gasteiger partial charge on any atom is -0.364 e. The van der Waals surface area contributed by atoms with Crippen LogP contribution in [-0.4, -0.2) is 42.1 Å². The van der Waals surface area contributed by atoms with E-state index >= 15 is 0 Å². The lowest BCUT2D eigenvalue weighted by molar-refractivity contribution is 0.0778. The fourth-order valence-electron chi connectivity index (χ4n) is 3.60. The Morgan fingerprint density at radius 1 is 1.12 bits per heavy atom. The average Bonchev–Trinajstić information content (AvgIpc) is 3.07. The van der Waals surface area contributed by atoms with Crippen molar-refractivity contribution in [2.45, 2.75) is 37.1 Å². The molecule has 2 amide bonds. The maximum Gasteiger partial charge on any atom is 0.270 e. The maximum absolute atomic E-state index is 14.1. The molecule has 0 aliphatic rings. The number of aromatic amines is 1. The Labute approximate surface area is 195 Å².